The van der Waals surface area contributed by atoms with Gasteiger partial charge in [-0.1, -0.05) is 30.3 Å². The van der Waals surface area contributed by atoms with Gasteiger partial charge in [0.15, 0.2) is 0 Å². The number of hydrogen-bond acceptors (Lipinski definition) is 3. The summed E-state index contributed by atoms with van der Waals surface area (Å²) >= 11 is 0. The van der Waals surface area contributed by atoms with E-state index in [1.54, 1.807) is 0 Å². The summed E-state index contributed by atoms with van der Waals surface area (Å²) in [6, 6.07) is 9.90. The van der Waals surface area contributed by atoms with Crippen LogP contribution in [0.25, 0.3) is 0 Å². The molecular formula is C15H22N2O2. The lowest BCUT2D eigenvalue weighted by molar-refractivity contribution is -0.131. The van der Waals surface area contributed by atoms with Gasteiger partial charge < -0.3 is 15.8 Å². The van der Waals surface area contributed by atoms with Crippen molar-refractivity contribution in [3.8, 4) is 0 Å². The van der Waals surface area contributed by atoms with Crippen LogP contribution in [0.5, 0.6) is 0 Å². The number of hydrogen-bond donors (Lipinski definition) is 2. The Morgan fingerprint density at radius 2 is 2.16 bits per heavy atom. The van der Waals surface area contributed by atoms with Crippen LogP contribution < -0.4 is 11.1 Å². The summed E-state index contributed by atoms with van der Waals surface area (Å²) in [6.07, 6.45) is 2.43. The number of nitrogens with one attached hydrogen (secondary N) is 1. The molecule has 4 heteroatoms. The molecule has 3 N–H and O–H groups in total. The minimum Gasteiger partial charge on any atom is -0.365 e. The van der Waals surface area contributed by atoms with E-state index in [0.717, 1.165) is 24.8 Å². The molecule has 0 saturated carbocycles. The Labute approximate surface area is 114 Å². The van der Waals surface area contributed by atoms with Crippen LogP contribution >= 0.6 is 0 Å². The second-order valence-electron chi connectivity index (χ2n) is 5.11. The Morgan fingerprint density at radius 1 is 1.42 bits per heavy atom. The predicted octanol–water partition coefficient (Wildman–Crippen LogP) is 1.76. The molecule has 1 saturated heterocycles. The zero-order valence-electron chi connectivity index (χ0n) is 11.3. The maximum Gasteiger partial charge on any atom is 0.249 e. The lowest BCUT2D eigenvalue weighted by Gasteiger charge is -2.14. The van der Waals surface area contributed by atoms with Gasteiger partial charge >= 0.3 is 0 Å². The van der Waals surface area contributed by atoms with E-state index in [1.165, 1.54) is 0 Å². The van der Waals surface area contributed by atoms with E-state index >= 15 is 0 Å². The average molecular weight is 262 g/mol. The predicted molar refractivity (Wildman–Crippen MR) is 74.6 cm³/mol. The molecule has 1 heterocycles. The van der Waals surface area contributed by atoms with Gasteiger partial charge in [0.05, 0.1) is 6.10 Å². The fourth-order valence-electron chi connectivity index (χ4n) is 2.33. The van der Waals surface area contributed by atoms with Gasteiger partial charge in [-0.05, 0) is 31.7 Å². The largest absolute Gasteiger partial charge is 0.365 e. The Morgan fingerprint density at radius 3 is 2.79 bits per heavy atom. The molecule has 0 spiro atoms. The van der Waals surface area contributed by atoms with Crippen molar-refractivity contribution < 1.29 is 9.53 Å². The Balaban J connectivity index is 1.70. The highest BCUT2D eigenvalue weighted by Gasteiger charge is 2.27. The van der Waals surface area contributed by atoms with Gasteiger partial charge in [0, 0.05) is 12.6 Å². The van der Waals surface area contributed by atoms with Crippen molar-refractivity contribution in [1.29, 1.82) is 0 Å². The van der Waals surface area contributed by atoms with Crippen molar-refractivity contribution >= 4 is 5.91 Å². The van der Waals surface area contributed by atoms with Gasteiger partial charge in [-0.2, -0.15) is 0 Å². The Hall–Kier alpha value is -1.39. The molecule has 0 aromatic heterocycles. The van der Waals surface area contributed by atoms with Crippen molar-refractivity contribution in [2.24, 2.45) is 5.73 Å². The molecule has 1 aliphatic heterocycles. The van der Waals surface area contributed by atoms with E-state index in [0.29, 0.717) is 6.54 Å². The van der Waals surface area contributed by atoms with Crippen molar-refractivity contribution in [2.45, 2.75) is 44.4 Å². The van der Waals surface area contributed by atoms with Crippen LogP contribution in [0.4, 0.5) is 0 Å². The second-order valence-corrected chi connectivity index (χ2v) is 5.11. The quantitative estimate of drug-likeness (QED) is 0.850. The van der Waals surface area contributed by atoms with Gasteiger partial charge in [-0.15, -0.1) is 0 Å². The Kier molecular flexibility index (Phi) is 4.93. The van der Waals surface area contributed by atoms with E-state index in [9.17, 15) is 4.79 Å². The molecule has 1 fully saturated rings. The van der Waals surface area contributed by atoms with Crippen LogP contribution in [0.3, 0.4) is 0 Å². The fourth-order valence-corrected chi connectivity index (χ4v) is 2.33. The molecule has 104 valence electrons. The summed E-state index contributed by atoms with van der Waals surface area (Å²) in [7, 11) is 0. The van der Waals surface area contributed by atoms with Gasteiger partial charge in [0.2, 0.25) is 5.91 Å². The van der Waals surface area contributed by atoms with Crippen LogP contribution in [0.2, 0.25) is 0 Å². The van der Waals surface area contributed by atoms with Crippen LogP contribution in [0, 0.1) is 0 Å². The smallest absolute Gasteiger partial charge is 0.249 e. The fraction of sp³-hybridized carbons (Fsp3) is 0.533. The highest BCUT2D eigenvalue weighted by atomic mass is 16.5. The highest BCUT2D eigenvalue weighted by molar-refractivity contribution is 5.80. The number of carbonyl (C=O) groups excluding carboxylic acids is 1. The molecule has 0 bridgehead atoms. The van der Waals surface area contributed by atoms with Gasteiger partial charge in [0.1, 0.15) is 6.10 Å². The second kappa shape index (κ2) is 6.68. The molecule has 1 amide bonds. The third-order valence-corrected chi connectivity index (χ3v) is 3.51. The minimum absolute atomic E-state index is 0.00962. The van der Waals surface area contributed by atoms with Gasteiger partial charge in [-0.3, -0.25) is 4.79 Å². The molecule has 19 heavy (non-hydrogen) atoms. The molecule has 0 aliphatic carbocycles. The summed E-state index contributed by atoms with van der Waals surface area (Å²) in [5.74, 6) is -0.00962. The molecule has 1 aromatic carbocycles. The van der Waals surface area contributed by atoms with Crippen molar-refractivity contribution in [3.05, 3.63) is 35.9 Å². The number of carbonyl (C=O) groups is 1. The lowest BCUT2D eigenvalue weighted by atomic mass is 10.1. The molecule has 3 unspecified atom stereocenters. The van der Waals surface area contributed by atoms with Crippen LogP contribution in [0.15, 0.2) is 30.3 Å². The van der Waals surface area contributed by atoms with Crippen LogP contribution in [0.1, 0.15) is 37.8 Å². The van der Waals surface area contributed by atoms with Crippen LogP contribution in [-0.4, -0.2) is 24.7 Å². The van der Waals surface area contributed by atoms with Crippen molar-refractivity contribution in [2.75, 3.05) is 6.54 Å². The van der Waals surface area contributed by atoms with E-state index < -0.39 is 0 Å². The maximum absolute atomic E-state index is 11.8. The van der Waals surface area contributed by atoms with Crippen molar-refractivity contribution in [1.82, 2.24) is 5.32 Å². The zero-order valence-corrected chi connectivity index (χ0v) is 11.3. The molecule has 4 nitrogen and oxygen atoms in total. The van der Waals surface area contributed by atoms with E-state index in [2.05, 4.69) is 5.32 Å². The summed E-state index contributed by atoms with van der Waals surface area (Å²) in [5, 5.41) is 2.90. The highest BCUT2D eigenvalue weighted by Crippen LogP contribution is 2.19. The van der Waals surface area contributed by atoms with Gasteiger partial charge in [0.25, 0.3) is 0 Å². The molecule has 2 rings (SSSR count). The number of amides is 1. The van der Waals surface area contributed by atoms with E-state index in [4.69, 9.17) is 10.5 Å². The minimum atomic E-state index is -0.275. The lowest BCUT2D eigenvalue weighted by Crippen LogP contribution is -2.36. The first kappa shape index (κ1) is 14.0. The summed E-state index contributed by atoms with van der Waals surface area (Å²) in [6.45, 7) is 2.59. The third kappa shape index (κ3) is 4.04. The van der Waals surface area contributed by atoms with E-state index in [-0.39, 0.29) is 24.2 Å². The number of nitrogens with two attached hydrogens (primary N) is 1. The number of benzene rings is 1. The topological polar surface area (TPSA) is 64.4 Å². The normalized spacial score (nSPS) is 24.1. The monoisotopic (exact) mass is 262 g/mol. The Bertz CT molecular complexity index is 408. The molecule has 3 atom stereocenters. The SMILES string of the molecule is CC1CCC(C(=O)NCCC(N)c2ccccc2)O1. The first-order valence-corrected chi connectivity index (χ1v) is 6.90. The molecule has 1 aliphatic rings. The molecule has 0 radical (unpaired) electrons. The first-order chi connectivity index (χ1) is 9.16. The van der Waals surface area contributed by atoms with Gasteiger partial charge in [-0.25, -0.2) is 0 Å². The number of ether oxygens (including phenoxy) is 1. The third-order valence-electron chi connectivity index (χ3n) is 3.51. The molecule has 1 aromatic rings. The average Bonchev–Trinajstić information content (AvgIpc) is 2.86. The first-order valence-electron chi connectivity index (χ1n) is 6.90. The summed E-state index contributed by atoms with van der Waals surface area (Å²) in [4.78, 5) is 11.8. The van der Waals surface area contributed by atoms with Crippen molar-refractivity contribution in [3.63, 3.8) is 0 Å². The zero-order chi connectivity index (χ0) is 13.7. The molecular weight excluding hydrogens is 240 g/mol. The number of rotatable bonds is 5. The standard InChI is InChI=1S/C15H22N2O2/c1-11-7-8-14(19-11)15(18)17-10-9-13(16)12-5-3-2-4-6-12/h2-6,11,13-14H,7-10,16H2,1H3,(H,17,18). The summed E-state index contributed by atoms with van der Waals surface area (Å²) in [5.41, 5.74) is 7.17. The summed E-state index contributed by atoms with van der Waals surface area (Å²) < 4.78 is 5.52. The van der Waals surface area contributed by atoms with Crippen LogP contribution in [-0.2, 0) is 9.53 Å². The van der Waals surface area contributed by atoms with E-state index in [1.807, 2.05) is 37.3 Å². The maximum atomic E-state index is 11.8.